The van der Waals surface area contributed by atoms with Gasteiger partial charge in [0, 0.05) is 42.2 Å². The molecule has 0 bridgehead atoms. The lowest BCUT2D eigenvalue weighted by Gasteiger charge is -2.18. The smallest absolute Gasteiger partial charge is 0.143 e. The molecule has 1 nitrogen and oxygen atoms in total. The third-order valence-corrected chi connectivity index (χ3v) is 11.9. The third kappa shape index (κ3) is 4.35. The summed E-state index contributed by atoms with van der Waals surface area (Å²) in [6.07, 6.45) is 0. The van der Waals surface area contributed by atoms with E-state index in [-0.39, 0.29) is 0 Å². The van der Waals surface area contributed by atoms with E-state index >= 15 is 0 Å². The van der Waals surface area contributed by atoms with Crippen molar-refractivity contribution in [3.05, 3.63) is 182 Å². The Kier molecular flexibility index (Phi) is 6.49. The summed E-state index contributed by atoms with van der Waals surface area (Å²) in [7, 11) is 0. The van der Waals surface area contributed by atoms with Crippen molar-refractivity contribution < 1.29 is 4.42 Å². The van der Waals surface area contributed by atoms with Crippen LogP contribution < -0.4 is 0 Å². The topological polar surface area (TPSA) is 13.1 Å². The molecule has 11 rings (SSSR count). The van der Waals surface area contributed by atoms with Gasteiger partial charge in [0.1, 0.15) is 11.3 Å². The molecule has 0 atom stereocenters. The minimum absolute atomic E-state index is 0.908. The monoisotopic (exact) mass is 678 g/mol. The van der Waals surface area contributed by atoms with E-state index in [0.717, 1.165) is 28.0 Å². The predicted molar refractivity (Wildman–Crippen MR) is 223 cm³/mol. The number of thiophene rings is 1. The lowest BCUT2D eigenvalue weighted by Crippen LogP contribution is -1.91. The third-order valence-electron chi connectivity index (χ3n) is 10.7. The fourth-order valence-electron chi connectivity index (χ4n) is 8.42. The van der Waals surface area contributed by atoms with Crippen molar-refractivity contribution in [2.75, 3.05) is 0 Å². The SMILES string of the molecule is c1ccc(-c2oc3ccc4sc5c(-c6c7ccccc7c(-c7ccc8ccccc8c7)c7ccccc67)cccc5c4c3c2-c2ccccc2)cc1. The van der Waals surface area contributed by atoms with Crippen LogP contribution in [0.1, 0.15) is 0 Å². The number of benzene rings is 9. The molecule has 0 aliphatic heterocycles. The second-order valence-corrected chi connectivity index (χ2v) is 14.6. The summed E-state index contributed by atoms with van der Waals surface area (Å²) in [4.78, 5) is 0. The van der Waals surface area contributed by atoms with E-state index in [2.05, 4.69) is 182 Å². The Morgan fingerprint density at radius 2 is 0.962 bits per heavy atom. The Bertz CT molecular complexity index is 3110. The Morgan fingerprint density at radius 1 is 0.365 bits per heavy atom. The summed E-state index contributed by atoms with van der Waals surface area (Å²) in [6, 6.07) is 65.9. The highest BCUT2D eigenvalue weighted by atomic mass is 32.1. The van der Waals surface area contributed by atoms with E-state index in [1.165, 1.54) is 80.1 Å². The second kappa shape index (κ2) is 11.5. The second-order valence-electron chi connectivity index (χ2n) is 13.5. The maximum Gasteiger partial charge on any atom is 0.143 e. The zero-order valence-electron chi connectivity index (χ0n) is 28.1. The van der Waals surface area contributed by atoms with Gasteiger partial charge in [-0.2, -0.15) is 0 Å². The molecule has 0 fully saturated rings. The molecule has 0 amide bonds. The number of hydrogen-bond acceptors (Lipinski definition) is 2. The molecule has 2 aromatic heterocycles. The molecule has 2 heteroatoms. The molecule has 0 aliphatic carbocycles. The van der Waals surface area contributed by atoms with Crippen molar-refractivity contribution in [3.8, 4) is 44.7 Å². The molecule has 0 saturated carbocycles. The van der Waals surface area contributed by atoms with Crippen LogP contribution in [0.4, 0.5) is 0 Å². The van der Waals surface area contributed by atoms with E-state index in [9.17, 15) is 0 Å². The number of fused-ring (bicyclic) bond motifs is 8. The molecule has 0 N–H and O–H groups in total. The number of rotatable bonds is 4. The van der Waals surface area contributed by atoms with E-state index in [1.54, 1.807) is 0 Å². The molecular formula is C50H30OS. The molecule has 11 aromatic rings. The van der Waals surface area contributed by atoms with Gasteiger partial charge in [0.15, 0.2) is 0 Å². The van der Waals surface area contributed by atoms with Crippen LogP contribution in [-0.4, -0.2) is 0 Å². The Hall–Kier alpha value is -6.48. The summed E-state index contributed by atoms with van der Waals surface area (Å²) >= 11 is 1.88. The zero-order chi connectivity index (χ0) is 34.2. The fourth-order valence-corrected chi connectivity index (χ4v) is 9.65. The molecule has 0 saturated heterocycles. The van der Waals surface area contributed by atoms with Crippen molar-refractivity contribution in [2.45, 2.75) is 0 Å². The largest absolute Gasteiger partial charge is 0.455 e. The molecule has 52 heavy (non-hydrogen) atoms. The van der Waals surface area contributed by atoms with E-state index < -0.39 is 0 Å². The van der Waals surface area contributed by atoms with Crippen LogP contribution in [0.25, 0.3) is 108 Å². The van der Waals surface area contributed by atoms with Gasteiger partial charge >= 0.3 is 0 Å². The first kappa shape index (κ1) is 29.3. The average molecular weight is 679 g/mol. The van der Waals surface area contributed by atoms with Crippen LogP contribution >= 0.6 is 11.3 Å². The van der Waals surface area contributed by atoms with Crippen LogP contribution in [0, 0.1) is 0 Å². The van der Waals surface area contributed by atoms with Gasteiger partial charge in [-0.15, -0.1) is 11.3 Å². The Morgan fingerprint density at radius 3 is 1.67 bits per heavy atom. The first-order valence-electron chi connectivity index (χ1n) is 17.8. The maximum atomic E-state index is 6.78. The van der Waals surface area contributed by atoms with E-state index in [1.807, 2.05) is 11.3 Å². The number of hydrogen-bond donors (Lipinski definition) is 0. The highest BCUT2D eigenvalue weighted by Gasteiger charge is 2.24. The highest BCUT2D eigenvalue weighted by Crippen LogP contribution is 2.51. The maximum absolute atomic E-state index is 6.78. The molecule has 0 unspecified atom stereocenters. The van der Waals surface area contributed by atoms with Gasteiger partial charge < -0.3 is 4.42 Å². The summed E-state index contributed by atoms with van der Waals surface area (Å²) in [6.45, 7) is 0. The summed E-state index contributed by atoms with van der Waals surface area (Å²) in [5, 5.41) is 11.2. The molecule has 0 spiro atoms. The summed E-state index contributed by atoms with van der Waals surface area (Å²) in [5.41, 5.74) is 9.36. The van der Waals surface area contributed by atoms with Crippen LogP contribution in [0.15, 0.2) is 186 Å². The highest BCUT2D eigenvalue weighted by molar-refractivity contribution is 7.26. The van der Waals surface area contributed by atoms with Crippen molar-refractivity contribution in [2.24, 2.45) is 0 Å². The molecule has 0 aliphatic rings. The Labute approximate surface area is 304 Å². The minimum atomic E-state index is 0.908. The molecule has 9 aromatic carbocycles. The van der Waals surface area contributed by atoms with Crippen LogP contribution in [0.3, 0.4) is 0 Å². The van der Waals surface area contributed by atoms with Crippen LogP contribution in [0.5, 0.6) is 0 Å². The minimum Gasteiger partial charge on any atom is -0.455 e. The van der Waals surface area contributed by atoms with Gasteiger partial charge in [0.2, 0.25) is 0 Å². The zero-order valence-corrected chi connectivity index (χ0v) is 29.0. The van der Waals surface area contributed by atoms with Crippen molar-refractivity contribution >= 4 is 74.8 Å². The van der Waals surface area contributed by atoms with Gasteiger partial charge in [-0.3, -0.25) is 0 Å². The van der Waals surface area contributed by atoms with Crippen LogP contribution in [-0.2, 0) is 0 Å². The molecular weight excluding hydrogens is 649 g/mol. The normalized spacial score (nSPS) is 11.8. The van der Waals surface area contributed by atoms with Gasteiger partial charge in [-0.05, 0) is 72.8 Å². The summed E-state index contributed by atoms with van der Waals surface area (Å²) < 4.78 is 9.33. The standard InChI is InChI=1S/C50H30OS/c1-3-15-32(16-4-1)45-48-42(51-49(45)33-17-5-2-6-18-33)28-29-43-47(48)41-25-13-24-40(50(41)52-43)46-38-22-11-9-20-36(38)44(37-21-10-12-23-39(37)46)35-27-26-31-14-7-8-19-34(31)30-35/h1-30H. The summed E-state index contributed by atoms with van der Waals surface area (Å²) in [5.74, 6) is 0.908. The fraction of sp³-hybridized carbons (Fsp3) is 0. The quantitative estimate of drug-likeness (QED) is 0.169. The molecule has 242 valence electrons. The van der Waals surface area contributed by atoms with E-state index in [0.29, 0.717) is 0 Å². The lowest BCUT2D eigenvalue weighted by atomic mass is 9.85. The van der Waals surface area contributed by atoms with Crippen molar-refractivity contribution in [1.29, 1.82) is 0 Å². The van der Waals surface area contributed by atoms with Gasteiger partial charge in [0.25, 0.3) is 0 Å². The van der Waals surface area contributed by atoms with Crippen LogP contribution in [0.2, 0.25) is 0 Å². The Balaban J connectivity index is 1.23. The average Bonchev–Trinajstić information content (AvgIpc) is 3.79. The molecule has 2 heterocycles. The lowest BCUT2D eigenvalue weighted by molar-refractivity contribution is 0.632. The first-order valence-corrected chi connectivity index (χ1v) is 18.6. The van der Waals surface area contributed by atoms with Gasteiger partial charge in [-0.1, -0.05) is 164 Å². The first-order chi connectivity index (χ1) is 25.8. The van der Waals surface area contributed by atoms with Gasteiger partial charge in [-0.25, -0.2) is 0 Å². The molecule has 0 radical (unpaired) electrons. The number of furan rings is 1. The van der Waals surface area contributed by atoms with Gasteiger partial charge in [0.05, 0.1) is 0 Å². The predicted octanol–water partition coefficient (Wildman–Crippen LogP) is 14.9. The van der Waals surface area contributed by atoms with Crippen molar-refractivity contribution in [1.82, 2.24) is 0 Å². The van der Waals surface area contributed by atoms with E-state index in [4.69, 9.17) is 4.42 Å². The van der Waals surface area contributed by atoms with Crippen molar-refractivity contribution in [3.63, 3.8) is 0 Å².